The molecule has 0 spiro atoms. The normalized spacial score (nSPS) is 34.9. The van der Waals surface area contributed by atoms with Gasteiger partial charge in [0, 0.05) is 50.7 Å². The van der Waals surface area contributed by atoms with Crippen molar-refractivity contribution >= 4 is 0 Å². The largest absolute Gasteiger partial charge is 0.387 e. The SMILES string of the molecule is OC(c1cncnc1)C1CN2CCN1CC2. The van der Waals surface area contributed by atoms with Gasteiger partial charge in [-0.1, -0.05) is 0 Å². The van der Waals surface area contributed by atoms with Crippen LogP contribution in [0, 0.1) is 0 Å². The Balaban J connectivity index is 1.78. The Morgan fingerprint density at radius 3 is 2.44 bits per heavy atom. The highest BCUT2D eigenvalue weighted by molar-refractivity contribution is 5.11. The molecule has 16 heavy (non-hydrogen) atoms. The van der Waals surface area contributed by atoms with Crippen LogP contribution in [0.25, 0.3) is 0 Å². The lowest BCUT2D eigenvalue weighted by molar-refractivity contribution is -0.0472. The van der Waals surface area contributed by atoms with Crippen molar-refractivity contribution < 1.29 is 5.11 Å². The predicted molar refractivity (Wildman–Crippen MR) is 58.8 cm³/mol. The fourth-order valence-corrected chi connectivity index (χ4v) is 2.64. The zero-order valence-electron chi connectivity index (χ0n) is 9.16. The molecule has 86 valence electrons. The number of hydrogen-bond acceptors (Lipinski definition) is 5. The Hall–Kier alpha value is -1.04. The van der Waals surface area contributed by atoms with Crippen LogP contribution in [0.2, 0.25) is 0 Å². The third-order valence-electron chi connectivity index (χ3n) is 3.61. The van der Waals surface area contributed by atoms with Crippen LogP contribution in [0.4, 0.5) is 0 Å². The molecule has 2 unspecified atom stereocenters. The van der Waals surface area contributed by atoms with Crippen LogP contribution in [0.15, 0.2) is 18.7 Å². The van der Waals surface area contributed by atoms with Crippen molar-refractivity contribution in [3.8, 4) is 0 Å². The standard InChI is InChI=1S/C11H16N4O/c16-11(9-5-12-8-13-6-9)10-7-14-1-3-15(10)4-2-14/h5-6,8,10-11,16H,1-4,7H2. The molecule has 3 aliphatic heterocycles. The van der Waals surface area contributed by atoms with E-state index >= 15 is 0 Å². The van der Waals surface area contributed by atoms with E-state index in [9.17, 15) is 5.11 Å². The van der Waals surface area contributed by atoms with E-state index in [0.29, 0.717) is 0 Å². The van der Waals surface area contributed by atoms with Gasteiger partial charge in [0.05, 0.1) is 12.1 Å². The minimum Gasteiger partial charge on any atom is -0.387 e. The smallest absolute Gasteiger partial charge is 0.115 e. The van der Waals surface area contributed by atoms with Gasteiger partial charge in [-0.3, -0.25) is 9.80 Å². The maximum Gasteiger partial charge on any atom is 0.115 e. The highest BCUT2D eigenvalue weighted by Gasteiger charge is 2.36. The summed E-state index contributed by atoms with van der Waals surface area (Å²) in [7, 11) is 0. The lowest BCUT2D eigenvalue weighted by Gasteiger charge is -2.49. The van der Waals surface area contributed by atoms with E-state index in [1.165, 1.54) is 6.33 Å². The summed E-state index contributed by atoms with van der Waals surface area (Å²) in [4.78, 5) is 12.7. The lowest BCUT2D eigenvalue weighted by Crippen LogP contribution is -2.62. The number of piperazine rings is 3. The molecule has 5 heteroatoms. The van der Waals surface area contributed by atoms with Gasteiger partial charge in [0.1, 0.15) is 6.33 Å². The number of nitrogens with zero attached hydrogens (tertiary/aromatic N) is 4. The first-order valence-electron chi connectivity index (χ1n) is 5.74. The maximum atomic E-state index is 10.3. The molecule has 1 N–H and O–H groups in total. The van der Waals surface area contributed by atoms with Crippen LogP contribution in [0.1, 0.15) is 11.7 Å². The molecule has 5 nitrogen and oxygen atoms in total. The monoisotopic (exact) mass is 220 g/mol. The topological polar surface area (TPSA) is 52.5 Å². The molecule has 3 aliphatic rings. The molecule has 1 aromatic rings. The summed E-state index contributed by atoms with van der Waals surface area (Å²) in [6.45, 7) is 5.35. The minimum absolute atomic E-state index is 0.202. The molecule has 2 bridgehead atoms. The molecule has 3 fully saturated rings. The second kappa shape index (κ2) is 4.08. The molecule has 3 saturated heterocycles. The maximum absolute atomic E-state index is 10.3. The first-order chi connectivity index (χ1) is 7.84. The van der Waals surface area contributed by atoms with Crippen molar-refractivity contribution in [2.75, 3.05) is 32.7 Å². The van der Waals surface area contributed by atoms with Crippen molar-refractivity contribution in [1.29, 1.82) is 0 Å². The predicted octanol–water partition coefficient (Wildman–Crippen LogP) is -0.490. The molecule has 0 amide bonds. The summed E-state index contributed by atoms with van der Waals surface area (Å²) >= 11 is 0. The van der Waals surface area contributed by atoms with Crippen molar-refractivity contribution in [2.24, 2.45) is 0 Å². The number of aromatic nitrogens is 2. The van der Waals surface area contributed by atoms with Crippen LogP contribution in [-0.4, -0.2) is 63.6 Å². The molecule has 4 rings (SSSR count). The summed E-state index contributed by atoms with van der Waals surface area (Å²) in [5, 5.41) is 10.3. The molecule has 4 heterocycles. The van der Waals surface area contributed by atoms with Crippen molar-refractivity contribution in [3.05, 3.63) is 24.3 Å². The van der Waals surface area contributed by atoms with Gasteiger partial charge in [0.2, 0.25) is 0 Å². The lowest BCUT2D eigenvalue weighted by atomic mass is 9.98. The third-order valence-corrected chi connectivity index (χ3v) is 3.61. The second-order valence-corrected chi connectivity index (χ2v) is 4.52. The van der Waals surface area contributed by atoms with E-state index in [2.05, 4.69) is 19.8 Å². The Kier molecular flexibility index (Phi) is 2.59. The summed E-state index contributed by atoms with van der Waals surface area (Å²) in [6, 6.07) is 0.202. The molecule has 0 aromatic carbocycles. The summed E-state index contributed by atoms with van der Waals surface area (Å²) in [5.74, 6) is 0. The Labute approximate surface area is 94.7 Å². The van der Waals surface area contributed by atoms with Crippen molar-refractivity contribution in [2.45, 2.75) is 12.1 Å². The number of aliphatic hydroxyl groups is 1. The number of fused-ring (bicyclic) bond motifs is 3. The van der Waals surface area contributed by atoms with Crippen LogP contribution in [-0.2, 0) is 0 Å². The van der Waals surface area contributed by atoms with E-state index < -0.39 is 6.10 Å². The molecular formula is C11H16N4O. The number of hydrogen-bond donors (Lipinski definition) is 1. The third kappa shape index (κ3) is 1.71. The summed E-state index contributed by atoms with van der Waals surface area (Å²) < 4.78 is 0. The Morgan fingerprint density at radius 2 is 1.88 bits per heavy atom. The molecule has 0 saturated carbocycles. The van der Waals surface area contributed by atoms with Gasteiger partial charge in [-0.25, -0.2) is 9.97 Å². The highest BCUT2D eigenvalue weighted by atomic mass is 16.3. The van der Waals surface area contributed by atoms with Gasteiger partial charge in [-0.15, -0.1) is 0 Å². The van der Waals surface area contributed by atoms with Gasteiger partial charge in [0.15, 0.2) is 0 Å². The first kappa shape index (κ1) is 10.1. The van der Waals surface area contributed by atoms with Gasteiger partial charge in [-0.05, 0) is 0 Å². The molecule has 1 aromatic heterocycles. The Morgan fingerprint density at radius 1 is 1.19 bits per heavy atom. The van der Waals surface area contributed by atoms with Crippen LogP contribution in [0.3, 0.4) is 0 Å². The average Bonchev–Trinajstić information content (AvgIpc) is 2.40. The van der Waals surface area contributed by atoms with E-state index in [1.54, 1.807) is 12.4 Å². The average molecular weight is 220 g/mol. The van der Waals surface area contributed by atoms with Gasteiger partial charge < -0.3 is 5.11 Å². The second-order valence-electron chi connectivity index (χ2n) is 4.52. The van der Waals surface area contributed by atoms with Crippen molar-refractivity contribution in [1.82, 2.24) is 19.8 Å². The van der Waals surface area contributed by atoms with Crippen LogP contribution < -0.4 is 0 Å². The van der Waals surface area contributed by atoms with E-state index in [0.717, 1.165) is 38.3 Å². The number of rotatable bonds is 2. The van der Waals surface area contributed by atoms with Crippen molar-refractivity contribution in [3.63, 3.8) is 0 Å². The highest BCUT2D eigenvalue weighted by Crippen LogP contribution is 2.26. The fraction of sp³-hybridized carbons (Fsp3) is 0.636. The first-order valence-corrected chi connectivity index (χ1v) is 5.74. The Bertz CT molecular complexity index is 350. The van der Waals surface area contributed by atoms with Gasteiger partial charge in [-0.2, -0.15) is 0 Å². The minimum atomic E-state index is -0.468. The number of aliphatic hydroxyl groups excluding tert-OH is 1. The zero-order valence-corrected chi connectivity index (χ0v) is 9.16. The quantitative estimate of drug-likeness (QED) is 0.729. The fourth-order valence-electron chi connectivity index (χ4n) is 2.64. The molecule has 0 radical (unpaired) electrons. The molecule has 2 atom stereocenters. The van der Waals surface area contributed by atoms with Crippen LogP contribution in [0.5, 0.6) is 0 Å². The van der Waals surface area contributed by atoms with E-state index in [4.69, 9.17) is 0 Å². The van der Waals surface area contributed by atoms with E-state index in [-0.39, 0.29) is 6.04 Å². The zero-order chi connectivity index (χ0) is 11.0. The molecular weight excluding hydrogens is 204 g/mol. The van der Waals surface area contributed by atoms with Gasteiger partial charge >= 0.3 is 0 Å². The van der Waals surface area contributed by atoms with Gasteiger partial charge in [0.25, 0.3) is 0 Å². The summed E-state index contributed by atoms with van der Waals surface area (Å²) in [6.07, 6.45) is 4.43. The summed E-state index contributed by atoms with van der Waals surface area (Å²) in [5.41, 5.74) is 0.821. The van der Waals surface area contributed by atoms with Crippen LogP contribution >= 0.6 is 0 Å². The molecule has 0 aliphatic carbocycles. The van der Waals surface area contributed by atoms with E-state index in [1.807, 2.05) is 0 Å².